The molecule has 0 amide bonds. The van der Waals surface area contributed by atoms with Crippen LogP contribution in [0.4, 0.5) is 0 Å². The number of aliphatic hydroxyl groups excluding tert-OH is 1. The van der Waals surface area contributed by atoms with Gasteiger partial charge in [-0.15, -0.1) is 0 Å². The molecule has 1 atom stereocenters. The quantitative estimate of drug-likeness (QED) is 0.498. The number of phenols is 1. The van der Waals surface area contributed by atoms with Gasteiger partial charge in [0.15, 0.2) is 0 Å². The highest BCUT2D eigenvalue weighted by atomic mass is 16.5. The lowest BCUT2D eigenvalue weighted by molar-refractivity contribution is -0.143. The Kier molecular flexibility index (Phi) is 6.18. The maximum Gasteiger partial charge on any atom is 0.327 e. The Morgan fingerprint density at radius 1 is 1.33 bits per heavy atom. The number of aliphatic hydroxyl groups is 1. The van der Waals surface area contributed by atoms with E-state index < -0.39 is 6.04 Å². The summed E-state index contributed by atoms with van der Waals surface area (Å²) < 4.78 is 4.74. The molecule has 0 spiro atoms. The van der Waals surface area contributed by atoms with Crippen LogP contribution >= 0.6 is 0 Å². The Labute approximate surface area is 106 Å². The van der Waals surface area contributed by atoms with Gasteiger partial charge in [-0.25, -0.2) is 4.79 Å². The van der Waals surface area contributed by atoms with Gasteiger partial charge in [-0.05, 0) is 37.1 Å². The molecule has 0 heterocycles. The summed E-state index contributed by atoms with van der Waals surface area (Å²) in [6.07, 6.45) is 1.47. The predicted molar refractivity (Wildman–Crippen MR) is 67.2 cm³/mol. The van der Waals surface area contributed by atoms with Crippen molar-refractivity contribution < 1.29 is 19.7 Å². The Hall–Kier alpha value is -1.59. The number of rotatable bonds is 7. The van der Waals surface area contributed by atoms with Gasteiger partial charge in [-0.3, -0.25) is 0 Å². The molecule has 1 aromatic rings. The number of esters is 1. The zero-order chi connectivity index (χ0) is 13.4. The summed E-state index contributed by atoms with van der Waals surface area (Å²) in [6.45, 7) is 0.755. The van der Waals surface area contributed by atoms with Crippen molar-refractivity contribution in [3.63, 3.8) is 0 Å². The molecule has 0 saturated heterocycles. The van der Waals surface area contributed by atoms with E-state index in [1.165, 1.54) is 19.2 Å². The van der Waals surface area contributed by atoms with E-state index in [2.05, 4.69) is 5.32 Å². The maximum absolute atomic E-state index is 11.7. The summed E-state index contributed by atoms with van der Waals surface area (Å²) >= 11 is 0. The number of carbonyl (C=O) groups is 1. The minimum Gasteiger partial charge on any atom is -0.508 e. The number of unbranched alkanes of at least 4 members (excludes halogenated alkanes) is 1. The molecule has 0 aliphatic heterocycles. The standard InChI is InChI=1S/C13H19NO4/c1-18-13(17)12(14-8-2-3-9-15)10-4-6-11(16)7-5-10/h4-7,12,14-16H,2-3,8-9H2,1H3. The van der Waals surface area contributed by atoms with E-state index in [1.54, 1.807) is 12.1 Å². The van der Waals surface area contributed by atoms with Crippen molar-refractivity contribution in [3.05, 3.63) is 29.8 Å². The molecule has 0 radical (unpaired) electrons. The predicted octanol–water partition coefficient (Wildman–Crippen LogP) is 0.968. The monoisotopic (exact) mass is 253 g/mol. The maximum atomic E-state index is 11.7. The first-order valence-corrected chi connectivity index (χ1v) is 5.90. The van der Waals surface area contributed by atoms with E-state index in [0.29, 0.717) is 13.0 Å². The molecule has 5 nitrogen and oxygen atoms in total. The minimum atomic E-state index is -0.547. The first-order valence-electron chi connectivity index (χ1n) is 5.90. The first kappa shape index (κ1) is 14.5. The van der Waals surface area contributed by atoms with Gasteiger partial charge >= 0.3 is 5.97 Å². The van der Waals surface area contributed by atoms with Crippen LogP contribution in [-0.2, 0) is 9.53 Å². The second kappa shape index (κ2) is 7.68. The van der Waals surface area contributed by atoms with Crippen molar-refractivity contribution in [2.24, 2.45) is 0 Å². The molecule has 3 N–H and O–H groups in total. The molecular formula is C13H19NO4. The molecule has 1 rings (SSSR count). The SMILES string of the molecule is COC(=O)C(NCCCCO)c1ccc(O)cc1. The molecule has 0 fully saturated rings. The molecule has 1 unspecified atom stereocenters. The number of methoxy groups -OCH3 is 1. The fourth-order valence-electron chi connectivity index (χ4n) is 1.61. The highest BCUT2D eigenvalue weighted by molar-refractivity contribution is 5.77. The van der Waals surface area contributed by atoms with Crippen LogP contribution < -0.4 is 5.32 Å². The van der Waals surface area contributed by atoms with Crippen molar-refractivity contribution in [3.8, 4) is 5.75 Å². The van der Waals surface area contributed by atoms with Gasteiger partial charge in [0.2, 0.25) is 0 Å². The molecule has 1 aromatic carbocycles. The van der Waals surface area contributed by atoms with E-state index in [0.717, 1.165) is 12.0 Å². The Bertz CT molecular complexity index is 364. The summed E-state index contributed by atoms with van der Waals surface area (Å²) in [5, 5.41) is 21.0. The van der Waals surface area contributed by atoms with E-state index in [1.807, 2.05) is 0 Å². The molecule has 0 bridgehead atoms. The highest BCUT2D eigenvalue weighted by Gasteiger charge is 2.20. The number of hydrogen-bond donors (Lipinski definition) is 3. The smallest absolute Gasteiger partial charge is 0.327 e. The summed E-state index contributed by atoms with van der Waals surface area (Å²) in [5.74, 6) is -0.215. The number of ether oxygens (including phenoxy) is 1. The van der Waals surface area contributed by atoms with Crippen LogP contribution in [0.25, 0.3) is 0 Å². The fourth-order valence-corrected chi connectivity index (χ4v) is 1.61. The van der Waals surface area contributed by atoms with Gasteiger partial charge in [0, 0.05) is 6.61 Å². The molecule has 0 aliphatic rings. The number of phenolic OH excluding ortho intramolecular Hbond substituents is 1. The molecule has 0 aliphatic carbocycles. The summed E-state index contributed by atoms with van der Waals surface area (Å²) in [7, 11) is 1.34. The summed E-state index contributed by atoms with van der Waals surface area (Å²) in [6, 6.07) is 5.86. The molecule has 100 valence electrons. The van der Waals surface area contributed by atoms with Crippen LogP contribution in [0.5, 0.6) is 5.75 Å². The number of benzene rings is 1. The third-order valence-electron chi connectivity index (χ3n) is 2.60. The fraction of sp³-hybridized carbons (Fsp3) is 0.462. The van der Waals surface area contributed by atoms with Crippen LogP contribution in [0.3, 0.4) is 0 Å². The number of hydrogen-bond acceptors (Lipinski definition) is 5. The van der Waals surface area contributed by atoms with E-state index in [-0.39, 0.29) is 18.3 Å². The second-order valence-electron chi connectivity index (χ2n) is 3.93. The van der Waals surface area contributed by atoms with E-state index in [9.17, 15) is 9.90 Å². The van der Waals surface area contributed by atoms with Gasteiger partial charge in [-0.1, -0.05) is 12.1 Å². The third kappa shape index (κ3) is 4.35. The Morgan fingerprint density at radius 2 is 2.00 bits per heavy atom. The van der Waals surface area contributed by atoms with Crippen molar-refractivity contribution in [2.45, 2.75) is 18.9 Å². The highest BCUT2D eigenvalue weighted by Crippen LogP contribution is 2.18. The molecule has 18 heavy (non-hydrogen) atoms. The van der Waals surface area contributed by atoms with Gasteiger partial charge < -0.3 is 20.3 Å². The topological polar surface area (TPSA) is 78.8 Å². The zero-order valence-corrected chi connectivity index (χ0v) is 10.4. The van der Waals surface area contributed by atoms with Crippen LogP contribution in [0.1, 0.15) is 24.4 Å². The normalized spacial score (nSPS) is 12.1. The lowest BCUT2D eigenvalue weighted by Gasteiger charge is -2.16. The van der Waals surface area contributed by atoms with E-state index >= 15 is 0 Å². The number of nitrogens with one attached hydrogen (secondary N) is 1. The van der Waals surface area contributed by atoms with Crippen LogP contribution in [-0.4, -0.2) is 36.4 Å². The number of aromatic hydroxyl groups is 1. The van der Waals surface area contributed by atoms with Crippen molar-refractivity contribution in [1.29, 1.82) is 0 Å². The molecular weight excluding hydrogens is 234 g/mol. The third-order valence-corrected chi connectivity index (χ3v) is 2.60. The zero-order valence-electron chi connectivity index (χ0n) is 10.4. The van der Waals surface area contributed by atoms with Crippen LogP contribution in [0, 0.1) is 0 Å². The average Bonchev–Trinajstić information content (AvgIpc) is 2.39. The number of carbonyl (C=O) groups excluding carboxylic acids is 1. The van der Waals surface area contributed by atoms with Gasteiger partial charge in [0.1, 0.15) is 11.8 Å². The largest absolute Gasteiger partial charge is 0.508 e. The van der Waals surface area contributed by atoms with Crippen molar-refractivity contribution in [2.75, 3.05) is 20.3 Å². The lowest BCUT2D eigenvalue weighted by Crippen LogP contribution is -2.30. The van der Waals surface area contributed by atoms with E-state index in [4.69, 9.17) is 9.84 Å². The summed E-state index contributed by atoms with van der Waals surface area (Å²) in [4.78, 5) is 11.7. The Morgan fingerprint density at radius 3 is 2.56 bits per heavy atom. The second-order valence-corrected chi connectivity index (χ2v) is 3.93. The minimum absolute atomic E-state index is 0.143. The lowest BCUT2D eigenvalue weighted by atomic mass is 10.1. The van der Waals surface area contributed by atoms with Crippen LogP contribution in [0.15, 0.2) is 24.3 Å². The first-order chi connectivity index (χ1) is 8.69. The van der Waals surface area contributed by atoms with Crippen molar-refractivity contribution >= 4 is 5.97 Å². The van der Waals surface area contributed by atoms with Crippen molar-refractivity contribution in [1.82, 2.24) is 5.32 Å². The van der Waals surface area contributed by atoms with Gasteiger partial charge in [-0.2, -0.15) is 0 Å². The Balaban J connectivity index is 2.66. The van der Waals surface area contributed by atoms with Crippen LogP contribution in [0.2, 0.25) is 0 Å². The molecule has 0 saturated carbocycles. The van der Waals surface area contributed by atoms with Gasteiger partial charge in [0.25, 0.3) is 0 Å². The average molecular weight is 253 g/mol. The molecule has 0 aromatic heterocycles. The summed E-state index contributed by atoms with van der Waals surface area (Å²) in [5.41, 5.74) is 0.739. The van der Waals surface area contributed by atoms with Gasteiger partial charge in [0.05, 0.1) is 7.11 Å². The molecule has 5 heteroatoms.